The first-order chi connectivity index (χ1) is 13.6. The number of nitrogens with zero attached hydrogens (tertiary/aromatic N) is 3. The molecule has 0 radical (unpaired) electrons. The summed E-state index contributed by atoms with van der Waals surface area (Å²) in [6.45, 7) is 2.44. The number of nitrogens with one attached hydrogen (secondary N) is 1. The van der Waals surface area contributed by atoms with Crippen molar-refractivity contribution >= 4 is 33.1 Å². The van der Waals surface area contributed by atoms with E-state index in [1.807, 2.05) is 49.4 Å². The molecule has 0 unspecified atom stereocenters. The summed E-state index contributed by atoms with van der Waals surface area (Å²) in [7, 11) is 0. The summed E-state index contributed by atoms with van der Waals surface area (Å²) in [5.74, 6) is -0.349. The highest BCUT2D eigenvalue weighted by Crippen LogP contribution is 2.30. The zero-order valence-electron chi connectivity index (χ0n) is 15.3. The van der Waals surface area contributed by atoms with Crippen LogP contribution in [0.25, 0.3) is 20.8 Å². The summed E-state index contributed by atoms with van der Waals surface area (Å²) >= 11 is 1.63. The standard InChI is InChI=1S/C21H18N4O2S/c1-2-13-25-19(26)12-11-17(24-25)20(27)22-15-9-7-14(8-10-15)21-23-16-5-3-4-6-18(16)28-21/h3-12H,2,13H2,1H3,(H,22,27). The van der Waals surface area contributed by atoms with Gasteiger partial charge in [0.25, 0.3) is 11.5 Å². The van der Waals surface area contributed by atoms with Gasteiger partial charge in [0.2, 0.25) is 0 Å². The maximum atomic E-state index is 12.5. The Kier molecular flexibility index (Phi) is 4.99. The average Bonchev–Trinajstić information content (AvgIpc) is 3.14. The number of benzene rings is 2. The Bertz CT molecular complexity index is 1160. The molecule has 2 heterocycles. The largest absolute Gasteiger partial charge is 0.321 e. The van der Waals surface area contributed by atoms with Crippen molar-refractivity contribution in [2.45, 2.75) is 19.9 Å². The van der Waals surface area contributed by atoms with E-state index < -0.39 is 0 Å². The Morgan fingerprint density at radius 3 is 2.61 bits per heavy atom. The summed E-state index contributed by atoms with van der Waals surface area (Å²) < 4.78 is 2.45. The van der Waals surface area contributed by atoms with Crippen LogP contribution in [0.3, 0.4) is 0 Å². The van der Waals surface area contributed by atoms with Crippen LogP contribution in [-0.2, 0) is 6.54 Å². The molecule has 1 N–H and O–H groups in total. The van der Waals surface area contributed by atoms with Crippen LogP contribution in [-0.4, -0.2) is 20.7 Å². The third kappa shape index (κ3) is 3.70. The van der Waals surface area contributed by atoms with Crippen LogP contribution < -0.4 is 10.9 Å². The van der Waals surface area contributed by atoms with Crippen LogP contribution in [0.1, 0.15) is 23.8 Å². The Labute approximate surface area is 165 Å². The first-order valence-corrected chi connectivity index (χ1v) is 9.81. The maximum Gasteiger partial charge on any atom is 0.276 e. The van der Waals surface area contributed by atoms with Crippen LogP contribution in [0.4, 0.5) is 5.69 Å². The van der Waals surface area contributed by atoms with Crippen molar-refractivity contribution in [3.63, 3.8) is 0 Å². The maximum absolute atomic E-state index is 12.5. The third-order valence-corrected chi connectivity index (χ3v) is 5.30. The second-order valence-corrected chi connectivity index (χ2v) is 7.33. The van der Waals surface area contributed by atoms with E-state index >= 15 is 0 Å². The van der Waals surface area contributed by atoms with E-state index in [4.69, 9.17) is 0 Å². The van der Waals surface area contributed by atoms with E-state index in [0.717, 1.165) is 27.2 Å². The Hall–Kier alpha value is -3.32. The van der Waals surface area contributed by atoms with Crippen molar-refractivity contribution in [2.75, 3.05) is 5.32 Å². The summed E-state index contributed by atoms with van der Waals surface area (Å²) in [5.41, 5.74) is 2.63. The van der Waals surface area contributed by atoms with Gasteiger partial charge in [-0.2, -0.15) is 5.10 Å². The van der Waals surface area contributed by atoms with Gasteiger partial charge in [-0.05, 0) is 48.9 Å². The van der Waals surface area contributed by atoms with Crippen LogP contribution in [0.2, 0.25) is 0 Å². The minimum atomic E-state index is -0.349. The number of rotatable bonds is 5. The minimum absolute atomic E-state index is 0.210. The number of hydrogen-bond acceptors (Lipinski definition) is 5. The van der Waals surface area contributed by atoms with Crippen molar-refractivity contribution in [1.82, 2.24) is 14.8 Å². The number of carbonyl (C=O) groups excluding carboxylic acids is 1. The minimum Gasteiger partial charge on any atom is -0.321 e. The number of fused-ring (bicyclic) bond motifs is 1. The molecule has 0 bridgehead atoms. The summed E-state index contributed by atoms with van der Waals surface area (Å²) in [5, 5.41) is 7.89. The SMILES string of the molecule is CCCn1nc(C(=O)Nc2ccc(-c3nc4ccccc4s3)cc2)ccc1=O. The molecule has 4 rings (SSSR count). The molecule has 6 nitrogen and oxygen atoms in total. The number of anilines is 1. The lowest BCUT2D eigenvalue weighted by Gasteiger charge is -2.07. The van der Waals surface area contributed by atoms with Crippen LogP contribution in [0.5, 0.6) is 0 Å². The molecule has 28 heavy (non-hydrogen) atoms. The van der Waals surface area contributed by atoms with Gasteiger partial charge >= 0.3 is 0 Å². The van der Waals surface area contributed by atoms with Crippen molar-refractivity contribution in [3.05, 3.63) is 76.7 Å². The molecule has 0 saturated heterocycles. The lowest BCUT2D eigenvalue weighted by molar-refractivity contribution is 0.102. The zero-order chi connectivity index (χ0) is 19.5. The predicted octanol–water partition coefficient (Wildman–Crippen LogP) is 4.18. The highest BCUT2D eigenvalue weighted by molar-refractivity contribution is 7.21. The second kappa shape index (κ2) is 7.74. The number of para-hydroxylation sites is 1. The molecule has 0 fully saturated rings. The van der Waals surface area contributed by atoms with E-state index in [1.165, 1.54) is 16.8 Å². The lowest BCUT2D eigenvalue weighted by Crippen LogP contribution is -2.26. The lowest BCUT2D eigenvalue weighted by atomic mass is 10.2. The van der Waals surface area contributed by atoms with Gasteiger partial charge in [0.1, 0.15) is 10.7 Å². The first kappa shape index (κ1) is 18.1. The molecular formula is C21H18N4O2S. The molecule has 0 aliphatic carbocycles. The quantitative estimate of drug-likeness (QED) is 0.554. The van der Waals surface area contributed by atoms with Gasteiger partial charge in [0.15, 0.2) is 0 Å². The van der Waals surface area contributed by atoms with E-state index in [2.05, 4.69) is 21.5 Å². The van der Waals surface area contributed by atoms with Crippen molar-refractivity contribution in [3.8, 4) is 10.6 Å². The highest BCUT2D eigenvalue weighted by Gasteiger charge is 2.11. The fourth-order valence-corrected chi connectivity index (χ4v) is 3.80. The van der Waals surface area contributed by atoms with Gasteiger partial charge in [-0.3, -0.25) is 9.59 Å². The van der Waals surface area contributed by atoms with Crippen molar-refractivity contribution in [2.24, 2.45) is 0 Å². The van der Waals surface area contributed by atoms with Gasteiger partial charge in [-0.15, -0.1) is 11.3 Å². The fourth-order valence-electron chi connectivity index (χ4n) is 2.83. The normalized spacial score (nSPS) is 10.9. The molecule has 140 valence electrons. The molecule has 0 saturated carbocycles. The molecule has 0 aliphatic heterocycles. The Balaban J connectivity index is 1.52. The van der Waals surface area contributed by atoms with E-state index in [1.54, 1.807) is 11.3 Å². The zero-order valence-corrected chi connectivity index (χ0v) is 16.1. The molecule has 0 spiro atoms. The van der Waals surface area contributed by atoms with E-state index in [-0.39, 0.29) is 17.2 Å². The summed E-state index contributed by atoms with van der Waals surface area (Å²) in [6.07, 6.45) is 0.769. The number of carbonyl (C=O) groups is 1. The van der Waals surface area contributed by atoms with Gasteiger partial charge in [0, 0.05) is 23.9 Å². The molecule has 4 aromatic rings. The predicted molar refractivity (Wildman–Crippen MR) is 112 cm³/mol. The summed E-state index contributed by atoms with van der Waals surface area (Å²) in [6, 6.07) is 18.4. The van der Waals surface area contributed by atoms with Gasteiger partial charge < -0.3 is 5.32 Å². The molecule has 0 aliphatic rings. The smallest absolute Gasteiger partial charge is 0.276 e. The molecular weight excluding hydrogens is 372 g/mol. The monoisotopic (exact) mass is 390 g/mol. The molecule has 0 atom stereocenters. The van der Waals surface area contributed by atoms with Gasteiger partial charge in [-0.25, -0.2) is 9.67 Å². The number of hydrogen-bond donors (Lipinski definition) is 1. The number of thiazole rings is 1. The molecule has 2 aromatic carbocycles. The van der Waals surface area contributed by atoms with Crippen molar-refractivity contribution < 1.29 is 4.79 Å². The van der Waals surface area contributed by atoms with E-state index in [9.17, 15) is 9.59 Å². The third-order valence-electron chi connectivity index (χ3n) is 4.22. The average molecular weight is 390 g/mol. The topological polar surface area (TPSA) is 76.9 Å². The van der Waals surface area contributed by atoms with Crippen LogP contribution >= 0.6 is 11.3 Å². The van der Waals surface area contributed by atoms with E-state index in [0.29, 0.717) is 12.2 Å². The number of amides is 1. The number of aryl methyl sites for hydroxylation is 1. The van der Waals surface area contributed by atoms with Gasteiger partial charge in [-0.1, -0.05) is 19.1 Å². The first-order valence-electron chi connectivity index (χ1n) is 8.99. The highest BCUT2D eigenvalue weighted by atomic mass is 32.1. The molecule has 7 heteroatoms. The molecule has 2 aromatic heterocycles. The summed E-state index contributed by atoms with van der Waals surface area (Å²) in [4.78, 5) is 28.8. The van der Waals surface area contributed by atoms with Crippen LogP contribution in [0, 0.1) is 0 Å². The Morgan fingerprint density at radius 1 is 1.07 bits per heavy atom. The van der Waals surface area contributed by atoms with Crippen LogP contribution in [0.15, 0.2) is 65.5 Å². The van der Waals surface area contributed by atoms with Crippen molar-refractivity contribution in [1.29, 1.82) is 0 Å². The Morgan fingerprint density at radius 2 is 1.86 bits per heavy atom. The second-order valence-electron chi connectivity index (χ2n) is 6.30. The molecule has 1 amide bonds. The van der Waals surface area contributed by atoms with Gasteiger partial charge in [0.05, 0.1) is 10.2 Å². The fraction of sp³-hybridized carbons (Fsp3) is 0.143. The number of aromatic nitrogens is 3.